The molecule has 416 valence electrons. The van der Waals surface area contributed by atoms with Crippen LogP contribution in [-0.4, -0.2) is 12.3 Å². The molecule has 1 saturated carbocycles. The number of rotatable bonds is 6. The van der Waals surface area contributed by atoms with Crippen LogP contribution in [0.25, 0.3) is 22.3 Å². The standard InChI is InChI=1S/C78H86BN3/c1-49-40-68-70-69(41-49)82-71-62(77(14)34-22-23-35-78(77,82)15)43-53(51-24-18-16-19-25-51)44-64(71)79(70)63-32-30-56(47-67(63)81(68)65-33-28-54(72(3,4)5)45-57(65)52-26-20-17-21-27-52)80(55-29-31-58-60(46-55)75(10,11)37-36-73(58,6)7)66-48-61-59(42-50(66)2)74(8,9)38-39-76(61,12)13/h16-21,24-33,40-48H,22-23,34-39H2,1-15H3. The maximum Gasteiger partial charge on any atom is 0.252 e. The van der Waals surface area contributed by atoms with Crippen molar-refractivity contribution < 1.29 is 0 Å². The molecule has 14 rings (SSSR count). The fraction of sp³-hybridized carbons (Fsp3) is 0.385. The van der Waals surface area contributed by atoms with Crippen molar-refractivity contribution in [3.8, 4) is 22.3 Å². The average Bonchev–Trinajstić information content (AvgIpc) is 2.49. The summed E-state index contributed by atoms with van der Waals surface area (Å²) < 4.78 is 0. The second kappa shape index (κ2) is 17.9. The zero-order valence-electron chi connectivity index (χ0n) is 52.0. The zero-order valence-corrected chi connectivity index (χ0v) is 52.0. The summed E-state index contributed by atoms with van der Waals surface area (Å²) in [5.41, 5.74) is 31.1. The van der Waals surface area contributed by atoms with E-state index in [0.717, 1.165) is 19.3 Å². The Hall–Kier alpha value is -6.78. The molecular formula is C78H86BN3. The van der Waals surface area contributed by atoms with E-state index in [4.69, 9.17) is 0 Å². The van der Waals surface area contributed by atoms with Gasteiger partial charge in [0.25, 0.3) is 6.71 Å². The Labute approximate surface area is 492 Å². The van der Waals surface area contributed by atoms with E-state index >= 15 is 0 Å². The van der Waals surface area contributed by atoms with E-state index in [9.17, 15) is 0 Å². The van der Waals surface area contributed by atoms with E-state index < -0.39 is 0 Å². The van der Waals surface area contributed by atoms with Gasteiger partial charge in [-0.15, -0.1) is 0 Å². The molecule has 2 unspecified atom stereocenters. The Morgan fingerprint density at radius 3 is 1.71 bits per heavy atom. The van der Waals surface area contributed by atoms with Gasteiger partial charge in [0.15, 0.2) is 0 Å². The van der Waals surface area contributed by atoms with Crippen molar-refractivity contribution in [2.75, 3.05) is 14.7 Å². The number of hydrogen-bond acceptors (Lipinski definition) is 3. The van der Waals surface area contributed by atoms with Crippen LogP contribution in [0.4, 0.5) is 45.5 Å². The highest BCUT2D eigenvalue weighted by Crippen LogP contribution is 2.63. The topological polar surface area (TPSA) is 9.72 Å². The van der Waals surface area contributed by atoms with Crippen LogP contribution in [0, 0.1) is 13.8 Å². The van der Waals surface area contributed by atoms with Crippen molar-refractivity contribution in [1.82, 2.24) is 0 Å². The Kier molecular flexibility index (Phi) is 11.6. The second-order valence-corrected chi connectivity index (χ2v) is 30.3. The van der Waals surface area contributed by atoms with Gasteiger partial charge in [-0.3, -0.25) is 0 Å². The normalized spacial score (nSPS) is 21.9. The number of hydrogen-bond donors (Lipinski definition) is 0. The van der Waals surface area contributed by atoms with Gasteiger partial charge >= 0.3 is 0 Å². The molecule has 3 aliphatic carbocycles. The summed E-state index contributed by atoms with van der Waals surface area (Å²) >= 11 is 0. The molecule has 4 heteroatoms. The molecule has 0 aromatic heterocycles. The molecule has 3 heterocycles. The largest absolute Gasteiger partial charge is 0.335 e. The lowest BCUT2D eigenvalue weighted by Gasteiger charge is -2.53. The summed E-state index contributed by atoms with van der Waals surface area (Å²) in [5.74, 6) is 0. The van der Waals surface area contributed by atoms with Crippen LogP contribution >= 0.6 is 0 Å². The van der Waals surface area contributed by atoms with Crippen LogP contribution in [0.5, 0.6) is 0 Å². The number of benzene rings is 8. The summed E-state index contributed by atoms with van der Waals surface area (Å²) in [6.07, 6.45) is 9.52. The molecule has 2 atom stereocenters. The van der Waals surface area contributed by atoms with Crippen molar-refractivity contribution in [1.29, 1.82) is 0 Å². The van der Waals surface area contributed by atoms with E-state index in [1.54, 1.807) is 0 Å². The second-order valence-electron chi connectivity index (χ2n) is 30.3. The fourth-order valence-electron chi connectivity index (χ4n) is 16.8. The molecule has 3 aliphatic heterocycles. The predicted molar refractivity (Wildman–Crippen MR) is 353 cm³/mol. The highest BCUT2D eigenvalue weighted by atomic mass is 15.3. The Morgan fingerprint density at radius 2 is 1.04 bits per heavy atom. The highest BCUT2D eigenvalue weighted by molar-refractivity contribution is 7.00. The van der Waals surface area contributed by atoms with Crippen LogP contribution in [-0.2, 0) is 32.5 Å². The molecule has 3 nitrogen and oxygen atoms in total. The Balaban J connectivity index is 1.10. The number of anilines is 8. The van der Waals surface area contributed by atoms with E-state index in [2.05, 4.69) is 270 Å². The molecule has 0 bridgehead atoms. The minimum Gasteiger partial charge on any atom is -0.335 e. The van der Waals surface area contributed by atoms with Crippen molar-refractivity contribution in [3.05, 3.63) is 196 Å². The van der Waals surface area contributed by atoms with Crippen LogP contribution in [0.15, 0.2) is 152 Å². The lowest BCUT2D eigenvalue weighted by atomic mass is 9.33. The lowest BCUT2D eigenvalue weighted by Crippen LogP contribution is -2.64. The third-order valence-corrected chi connectivity index (χ3v) is 22.2. The predicted octanol–water partition coefficient (Wildman–Crippen LogP) is 19.5. The van der Waals surface area contributed by atoms with Crippen LogP contribution in [0.1, 0.15) is 186 Å². The third-order valence-electron chi connectivity index (χ3n) is 22.2. The molecule has 0 amide bonds. The smallest absolute Gasteiger partial charge is 0.252 e. The fourth-order valence-corrected chi connectivity index (χ4v) is 16.8. The van der Waals surface area contributed by atoms with Crippen molar-refractivity contribution >= 4 is 68.6 Å². The molecular weight excluding hydrogens is 990 g/mol. The first-order valence-corrected chi connectivity index (χ1v) is 31.2. The van der Waals surface area contributed by atoms with Crippen molar-refractivity contribution in [2.24, 2.45) is 0 Å². The van der Waals surface area contributed by atoms with E-state index in [0.29, 0.717) is 0 Å². The molecule has 0 radical (unpaired) electrons. The maximum absolute atomic E-state index is 2.90. The molecule has 0 N–H and O–H groups in total. The van der Waals surface area contributed by atoms with Gasteiger partial charge in [0.2, 0.25) is 0 Å². The minimum atomic E-state index is -0.0988. The van der Waals surface area contributed by atoms with Gasteiger partial charge in [-0.1, -0.05) is 187 Å². The molecule has 1 fully saturated rings. The Morgan fingerprint density at radius 1 is 0.451 bits per heavy atom. The van der Waals surface area contributed by atoms with Gasteiger partial charge in [-0.05, 0) is 225 Å². The molecule has 0 saturated heterocycles. The van der Waals surface area contributed by atoms with Crippen LogP contribution < -0.4 is 31.1 Å². The SMILES string of the molecule is Cc1cc2c3c(c1)N1c4c(cc(-c5ccccc5)cc4C4(C)CCCCC14C)B3c1ccc(N(c3ccc4c(c3)C(C)(C)CCC4(C)C)c3cc4c(cc3C)C(C)(C)CCC4(C)C)cc1N2c1ccc(C(C)(C)C)cc1-c1ccccc1. The van der Waals surface area contributed by atoms with Gasteiger partial charge in [0.05, 0.1) is 11.2 Å². The van der Waals surface area contributed by atoms with Gasteiger partial charge in [-0.2, -0.15) is 0 Å². The monoisotopic (exact) mass is 1080 g/mol. The van der Waals surface area contributed by atoms with Crippen LogP contribution in [0.2, 0.25) is 0 Å². The van der Waals surface area contributed by atoms with Crippen molar-refractivity contribution in [2.45, 2.75) is 193 Å². The number of nitrogens with zero attached hydrogens (tertiary/aromatic N) is 3. The summed E-state index contributed by atoms with van der Waals surface area (Å²) in [6, 6.07) is 60.7. The first-order valence-electron chi connectivity index (χ1n) is 31.2. The Bertz CT molecular complexity index is 3950. The lowest BCUT2D eigenvalue weighted by molar-refractivity contribution is 0.195. The molecule has 8 aromatic carbocycles. The minimum absolute atomic E-state index is 0.00493. The summed E-state index contributed by atoms with van der Waals surface area (Å²) in [6.45, 7) is 36.8. The third kappa shape index (κ3) is 7.73. The van der Waals surface area contributed by atoms with Gasteiger partial charge in [0, 0.05) is 50.8 Å². The quantitative estimate of drug-likeness (QED) is 0.154. The molecule has 6 aliphatic rings. The summed E-state index contributed by atoms with van der Waals surface area (Å²) in [4.78, 5) is 8.29. The number of fused-ring (bicyclic) bond motifs is 9. The maximum atomic E-state index is 2.90. The highest BCUT2D eigenvalue weighted by Gasteiger charge is 2.61. The molecule has 0 spiro atoms. The first kappa shape index (κ1) is 53.2. The van der Waals surface area contributed by atoms with Crippen molar-refractivity contribution in [3.63, 3.8) is 0 Å². The molecule has 8 aromatic rings. The van der Waals surface area contributed by atoms with Gasteiger partial charge < -0.3 is 14.7 Å². The van der Waals surface area contributed by atoms with Gasteiger partial charge in [-0.25, -0.2) is 0 Å². The van der Waals surface area contributed by atoms with Crippen LogP contribution in [0.3, 0.4) is 0 Å². The number of aryl methyl sites for hydroxylation is 2. The van der Waals surface area contributed by atoms with E-state index in [1.165, 1.54) is 161 Å². The van der Waals surface area contributed by atoms with E-state index in [1.807, 2.05) is 0 Å². The molecule has 82 heavy (non-hydrogen) atoms. The first-order chi connectivity index (χ1) is 38.8. The van der Waals surface area contributed by atoms with Gasteiger partial charge in [0.1, 0.15) is 0 Å². The summed E-state index contributed by atoms with van der Waals surface area (Å²) in [5, 5.41) is 0. The zero-order chi connectivity index (χ0) is 57.4. The summed E-state index contributed by atoms with van der Waals surface area (Å²) in [7, 11) is 0. The average molecular weight is 1080 g/mol. The van der Waals surface area contributed by atoms with E-state index in [-0.39, 0.29) is 44.7 Å².